The van der Waals surface area contributed by atoms with Crippen LogP contribution in [0.15, 0.2) is 106 Å². The van der Waals surface area contributed by atoms with Crippen molar-refractivity contribution >= 4 is 38.6 Å². The number of benzene rings is 4. The number of urea groups is 1. The van der Waals surface area contributed by atoms with E-state index in [1.807, 2.05) is 49.4 Å². The minimum atomic E-state index is -0.892. The summed E-state index contributed by atoms with van der Waals surface area (Å²) in [6.07, 6.45) is 0.396. The Kier molecular flexibility index (Phi) is 8.02. The van der Waals surface area contributed by atoms with E-state index in [-0.39, 0.29) is 17.8 Å². The van der Waals surface area contributed by atoms with Gasteiger partial charge in [0.25, 0.3) is 5.56 Å². The Hall–Kier alpha value is -4.37. The summed E-state index contributed by atoms with van der Waals surface area (Å²) >= 11 is 3.44. The first kappa shape index (κ1) is 27.2. The van der Waals surface area contributed by atoms with Crippen LogP contribution in [0.5, 0.6) is 0 Å². The number of rotatable bonds is 7. The zero-order valence-corrected chi connectivity index (χ0v) is 23.1. The SMILES string of the molecule is CCC(c1nc2ccccc2c(=O)n1-c1ccc(Br)cc1)N(Cc1ccccc1)C(=O)Nc1ccc(F)cc1F. The molecule has 9 heteroatoms. The van der Waals surface area contributed by atoms with Crippen LogP contribution >= 0.6 is 15.9 Å². The van der Waals surface area contributed by atoms with E-state index in [9.17, 15) is 18.4 Å². The number of nitrogens with zero attached hydrogens (tertiary/aromatic N) is 3. The Balaban J connectivity index is 1.67. The molecule has 1 atom stereocenters. The molecule has 0 bridgehead atoms. The predicted octanol–water partition coefficient (Wildman–Crippen LogP) is 7.61. The first-order valence-electron chi connectivity index (χ1n) is 12.7. The molecule has 1 N–H and O–H groups in total. The van der Waals surface area contributed by atoms with E-state index in [4.69, 9.17) is 4.98 Å². The van der Waals surface area contributed by atoms with Crippen molar-refractivity contribution < 1.29 is 13.6 Å². The largest absolute Gasteiger partial charge is 0.322 e. The number of carbonyl (C=O) groups is 1. The fourth-order valence-electron chi connectivity index (χ4n) is 4.64. The number of halogens is 3. The van der Waals surface area contributed by atoms with Crippen LogP contribution in [0.2, 0.25) is 0 Å². The molecule has 6 nitrogen and oxygen atoms in total. The van der Waals surface area contributed by atoms with Crippen molar-refractivity contribution in [2.45, 2.75) is 25.9 Å². The summed E-state index contributed by atoms with van der Waals surface area (Å²) in [6, 6.07) is 25.3. The molecule has 0 radical (unpaired) electrons. The fourth-order valence-corrected chi connectivity index (χ4v) is 4.90. The van der Waals surface area contributed by atoms with Crippen molar-refractivity contribution in [2.75, 3.05) is 5.32 Å². The van der Waals surface area contributed by atoms with E-state index >= 15 is 0 Å². The maximum absolute atomic E-state index is 14.5. The quantitative estimate of drug-likeness (QED) is 0.208. The highest BCUT2D eigenvalue weighted by molar-refractivity contribution is 9.10. The molecule has 1 unspecified atom stereocenters. The molecule has 1 aromatic heterocycles. The van der Waals surface area contributed by atoms with Crippen molar-refractivity contribution in [1.29, 1.82) is 0 Å². The third-order valence-corrected chi connectivity index (χ3v) is 7.11. The normalized spacial score (nSPS) is 11.8. The second-order valence-corrected chi connectivity index (χ2v) is 10.1. The summed E-state index contributed by atoms with van der Waals surface area (Å²) in [5, 5.41) is 3.03. The van der Waals surface area contributed by atoms with Gasteiger partial charge in [-0.3, -0.25) is 9.36 Å². The van der Waals surface area contributed by atoms with Gasteiger partial charge in [0.1, 0.15) is 17.5 Å². The molecule has 0 aliphatic heterocycles. The van der Waals surface area contributed by atoms with Crippen molar-refractivity contribution in [1.82, 2.24) is 14.5 Å². The van der Waals surface area contributed by atoms with Crippen LogP contribution < -0.4 is 10.9 Å². The van der Waals surface area contributed by atoms with Crippen molar-refractivity contribution in [3.8, 4) is 5.69 Å². The monoisotopic (exact) mass is 602 g/mol. The molecule has 5 aromatic rings. The number of fused-ring (bicyclic) bond motifs is 1. The van der Waals surface area contributed by atoms with Gasteiger partial charge in [-0.25, -0.2) is 18.6 Å². The summed E-state index contributed by atoms with van der Waals surface area (Å²) in [5.41, 5.74) is 1.49. The number of hydrogen-bond donors (Lipinski definition) is 1. The Morgan fingerprint density at radius 2 is 1.68 bits per heavy atom. The topological polar surface area (TPSA) is 67.2 Å². The lowest BCUT2D eigenvalue weighted by molar-refractivity contribution is 0.177. The molecule has 0 spiro atoms. The number of nitrogens with one attached hydrogen (secondary N) is 1. The molecule has 202 valence electrons. The molecule has 0 aliphatic carbocycles. The maximum atomic E-state index is 14.5. The molecule has 0 saturated heterocycles. The molecule has 0 aliphatic rings. The number of hydrogen-bond acceptors (Lipinski definition) is 3. The Morgan fingerprint density at radius 3 is 2.38 bits per heavy atom. The molecule has 5 rings (SSSR count). The van der Waals surface area contributed by atoms with Gasteiger partial charge in [0.2, 0.25) is 0 Å². The average molecular weight is 603 g/mol. The van der Waals surface area contributed by atoms with Crippen LogP contribution in [0.1, 0.15) is 30.8 Å². The van der Waals surface area contributed by atoms with Gasteiger partial charge >= 0.3 is 6.03 Å². The van der Waals surface area contributed by atoms with E-state index in [2.05, 4.69) is 21.2 Å². The fraction of sp³-hybridized carbons (Fsp3) is 0.129. The van der Waals surface area contributed by atoms with Gasteiger partial charge in [-0.1, -0.05) is 65.3 Å². The number of carbonyl (C=O) groups excluding carboxylic acids is 1. The molecule has 1 heterocycles. The van der Waals surface area contributed by atoms with E-state index in [1.54, 1.807) is 36.4 Å². The summed E-state index contributed by atoms with van der Waals surface area (Å²) in [6.45, 7) is 2.04. The van der Waals surface area contributed by atoms with Crippen LogP contribution in [0.4, 0.5) is 19.3 Å². The highest BCUT2D eigenvalue weighted by Gasteiger charge is 2.30. The van der Waals surface area contributed by atoms with Gasteiger partial charge < -0.3 is 10.2 Å². The maximum Gasteiger partial charge on any atom is 0.322 e. The third-order valence-electron chi connectivity index (χ3n) is 6.58. The summed E-state index contributed by atoms with van der Waals surface area (Å²) < 4.78 is 30.4. The zero-order chi connectivity index (χ0) is 28.2. The molecule has 2 amide bonds. The lowest BCUT2D eigenvalue weighted by Gasteiger charge is -2.32. The summed E-state index contributed by atoms with van der Waals surface area (Å²) in [7, 11) is 0. The zero-order valence-electron chi connectivity index (χ0n) is 21.5. The van der Waals surface area contributed by atoms with Crippen LogP contribution in [-0.2, 0) is 6.54 Å². The van der Waals surface area contributed by atoms with Crippen LogP contribution in [-0.4, -0.2) is 20.5 Å². The Bertz CT molecular complexity index is 1730. The third kappa shape index (κ3) is 5.65. The highest BCUT2D eigenvalue weighted by atomic mass is 79.9. The van der Waals surface area contributed by atoms with Crippen LogP contribution in [0, 0.1) is 11.6 Å². The Labute approximate surface area is 238 Å². The molecule has 0 saturated carbocycles. The second-order valence-electron chi connectivity index (χ2n) is 9.20. The highest BCUT2D eigenvalue weighted by Crippen LogP contribution is 2.29. The number of amides is 2. The summed E-state index contributed by atoms with van der Waals surface area (Å²) in [4.78, 5) is 34.1. The van der Waals surface area contributed by atoms with Gasteiger partial charge in [-0.05, 0) is 60.5 Å². The standard InChI is InChI=1S/C31H25BrF2N4O2/c1-2-28(29-35-26-11-7-6-10-24(26)30(39)38(29)23-15-12-21(32)13-16-23)37(19-20-8-4-3-5-9-20)31(40)36-27-17-14-22(33)18-25(27)34/h3-18,28H,2,19H2,1H3,(H,36,40). The lowest BCUT2D eigenvalue weighted by atomic mass is 10.1. The first-order chi connectivity index (χ1) is 19.4. The lowest BCUT2D eigenvalue weighted by Crippen LogP contribution is -2.40. The minimum absolute atomic E-state index is 0.150. The molecular weight excluding hydrogens is 578 g/mol. The van der Waals surface area contributed by atoms with Crippen LogP contribution in [0.3, 0.4) is 0 Å². The van der Waals surface area contributed by atoms with Gasteiger partial charge in [0.05, 0.1) is 28.3 Å². The average Bonchev–Trinajstić information content (AvgIpc) is 2.96. The van der Waals surface area contributed by atoms with E-state index in [0.717, 1.165) is 16.1 Å². The van der Waals surface area contributed by atoms with Crippen LogP contribution in [0.25, 0.3) is 16.6 Å². The molecular formula is C31H25BrF2N4O2. The molecule has 0 fully saturated rings. The van der Waals surface area contributed by atoms with Gasteiger partial charge in [0, 0.05) is 17.1 Å². The summed E-state index contributed by atoms with van der Waals surface area (Å²) in [5.74, 6) is -1.28. The number of aromatic nitrogens is 2. The van der Waals surface area contributed by atoms with Gasteiger partial charge in [-0.15, -0.1) is 0 Å². The van der Waals surface area contributed by atoms with E-state index < -0.39 is 23.7 Å². The van der Waals surface area contributed by atoms with Crippen molar-refractivity contribution in [2.24, 2.45) is 0 Å². The van der Waals surface area contributed by atoms with Gasteiger partial charge in [0.15, 0.2) is 0 Å². The first-order valence-corrected chi connectivity index (χ1v) is 13.5. The van der Waals surface area contributed by atoms with E-state index in [1.165, 1.54) is 15.5 Å². The van der Waals surface area contributed by atoms with Crippen molar-refractivity contribution in [3.05, 3.63) is 135 Å². The number of anilines is 1. The second kappa shape index (κ2) is 11.8. The molecule has 40 heavy (non-hydrogen) atoms. The van der Waals surface area contributed by atoms with Crippen molar-refractivity contribution in [3.63, 3.8) is 0 Å². The predicted molar refractivity (Wildman–Crippen MR) is 155 cm³/mol. The number of para-hydroxylation sites is 1. The molecule has 4 aromatic carbocycles. The smallest absolute Gasteiger partial charge is 0.310 e. The van der Waals surface area contributed by atoms with Gasteiger partial charge in [-0.2, -0.15) is 0 Å². The van der Waals surface area contributed by atoms with E-state index in [0.29, 0.717) is 34.9 Å². The minimum Gasteiger partial charge on any atom is -0.310 e. The Morgan fingerprint density at radius 1 is 0.975 bits per heavy atom.